The van der Waals surface area contributed by atoms with Gasteiger partial charge in [0.2, 0.25) is 0 Å². The summed E-state index contributed by atoms with van der Waals surface area (Å²) in [5.74, 6) is 0.597. The second-order valence-corrected chi connectivity index (χ2v) is 8.94. The second kappa shape index (κ2) is 7.44. The molecule has 0 spiro atoms. The van der Waals surface area contributed by atoms with Gasteiger partial charge in [0.1, 0.15) is 5.82 Å². The van der Waals surface area contributed by atoms with Crippen molar-refractivity contribution in [1.82, 2.24) is 30.4 Å². The van der Waals surface area contributed by atoms with Gasteiger partial charge in [0.15, 0.2) is 11.6 Å². The number of alkyl halides is 3. The number of aromatic nitrogens is 6. The first kappa shape index (κ1) is 21.7. The molecule has 0 radical (unpaired) electrons. The molecule has 0 fully saturated rings. The maximum Gasteiger partial charge on any atom is 0.417 e. The third kappa shape index (κ3) is 3.68. The molecule has 8 nitrogen and oxygen atoms in total. The van der Waals surface area contributed by atoms with Crippen molar-refractivity contribution in [3.05, 3.63) is 64.1 Å². The van der Waals surface area contributed by atoms with Crippen molar-refractivity contribution in [2.75, 3.05) is 5.32 Å². The predicted octanol–water partition coefficient (Wildman–Crippen LogP) is 5.25. The van der Waals surface area contributed by atoms with Gasteiger partial charge in [-0.2, -0.15) is 18.3 Å². The zero-order valence-electron chi connectivity index (χ0n) is 18.4. The SMILES string of the molecule is CC(C)(C)c1cc(Nc2nc(-c3ccc4[nH][nH]c(=O)c4c3C(F)(F)F)nc3ccccc23)n[nH]1. The van der Waals surface area contributed by atoms with E-state index in [2.05, 4.69) is 35.7 Å². The molecule has 0 aliphatic heterocycles. The Morgan fingerprint density at radius 1 is 0.971 bits per heavy atom. The Morgan fingerprint density at radius 2 is 1.74 bits per heavy atom. The largest absolute Gasteiger partial charge is 0.417 e. The minimum absolute atomic E-state index is 0.0476. The Morgan fingerprint density at radius 3 is 2.44 bits per heavy atom. The Kier molecular flexibility index (Phi) is 4.74. The van der Waals surface area contributed by atoms with E-state index in [0.29, 0.717) is 22.5 Å². The van der Waals surface area contributed by atoms with Crippen LogP contribution in [0.15, 0.2) is 47.3 Å². The third-order valence-electron chi connectivity index (χ3n) is 5.50. The summed E-state index contributed by atoms with van der Waals surface area (Å²) in [5, 5.41) is 15.1. The van der Waals surface area contributed by atoms with Gasteiger partial charge in [0, 0.05) is 28.1 Å². The van der Waals surface area contributed by atoms with Crippen molar-refractivity contribution in [2.45, 2.75) is 32.4 Å². The number of fused-ring (bicyclic) bond motifs is 2. The molecule has 5 rings (SSSR count). The van der Waals surface area contributed by atoms with Crippen molar-refractivity contribution >= 4 is 33.4 Å². The first-order valence-corrected chi connectivity index (χ1v) is 10.4. The first-order valence-electron chi connectivity index (χ1n) is 10.4. The van der Waals surface area contributed by atoms with Crippen LogP contribution in [0.4, 0.5) is 24.8 Å². The van der Waals surface area contributed by atoms with Gasteiger partial charge in [0.25, 0.3) is 5.56 Å². The first-order chi connectivity index (χ1) is 16.0. The highest BCUT2D eigenvalue weighted by atomic mass is 19.4. The molecule has 0 amide bonds. The summed E-state index contributed by atoms with van der Waals surface area (Å²) in [6.07, 6.45) is -4.81. The van der Waals surface area contributed by atoms with Gasteiger partial charge in [0.05, 0.1) is 22.0 Å². The lowest BCUT2D eigenvalue weighted by atomic mass is 9.92. The van der Waals surface area contributed by atoms with Crippen LogP contribution in [0.3, 0.4) is 0 Å². The van der Waals surface area contributed by atoms with Crippen molar-refractivity contribution in [2.24, 2.45) is 0 Å². The van der Waals surface area contributed by atoms with Gasteiger partial charge < -0.3 is 5.32 Å². The van der Waals surface area contributed by atoms with Crippen molar-refractivity contribution < 1.29 is 13.2 Å². The minimum Gasteiger partial charge on any atom is -0.323 e. The maximum absolute atomic E-state index is 14.1. The molecule has 3 aromatic heterocycles. The van der Waals surface area contributed by atoms with E-state index in [-0.39, 0.29) is 22.3 Å². The highest BCUT2D eigenvalue weighted by Crippen LogP contribution is 2.40. The van der Waals surface area contributed by atoms with Gasteiger partial charge in [-0.15, -0.1) is 0 Å². The molecule has 0 aliphatic carbocycles. The number of anilines is 2. The lowest BCUT2D eigenvalue weighted by Gasteiger charge is -2.15. The molecule has 0 atom stereocenters. The van der Waals surface area contributed by atoms with Gasteiger partial charge in [-0.3, -0.25) is 20.1 Å². The normalized spacial score (nSPS) is 12.5. The topological polar surface area (TPSA) is 115 Å². The van der Waals surface area contributed by atoms with Crippen LogP contribution < -0.4 is 10.9 Å². The summed E-state index contributed by atoms with van der Waals surface area (Å²) in [4.78, 5) is 21.0. The molecule has 0 bridgehead atoms. The van der Waals surface area contributed by atoms with Gasteiger partial charge >= 0.3 is 6.18 Å². The van der Waals surface area contributed by atoms with E-state index in [9.17, 15) is 18.0 Å². The van der Waals surface area contributed by atoms with Crippen LogP contribution in [0.2, 0.25) is 0 Å². The fourth-order valence-electron chi connectivity index (χ4n) is 3.79. The number of H-pyrrole nitrogens is 3. The number of para-hydroxylation sites is 1. The summed E-state index contributed by atoms with van der Waals surface area (Å²) >= 11 is 0. The Balaban J connectivity index is 1.72. The minimum atomic E-state index is -4.81. The molecule has 5 aromatic rings. The summed E-state index contributed by atoms with van der Waals surface area (Å²) in [7, 11) is 0. The molecule has 0 saturated heterocycles. The molecule has 174 valence electrons. The number of nitrogens with one attached hydrogen (secondary N) is 4. The second-order valence-electron chi connectivity index (χ2n) is 8.94. The molecular weight excluding hydrogens is 447 g/mol. The molecule has 4 N–H and O–H groups in total. The molecule has 2 aromatic carbocycles. The van der Waals surface area contributed by atoms with Crippen molar-refractivity contribution in [3.63, 3.8) is 0 Å². The highest BCUT2D eigenvalue weighted by Gasteiger charge is 2.38. The molecular formula is C23H20F3N7O. The van der Waals surface area contributed by atoms with E-state index in [1.807, 2.05) is 26.8 Å². The summed E-state index contributed by atoms with van der Waals surface area (Å²) < 4.78 is 42.4. The Hall–Kier alpha value is -4.15. The number of halogens is 3. The monoisotopic (exact) mass is 467 g/mol. The van der Waals surface area contributed by atoms with E-state index in [4.69, 9.17) is 0 Å². The van der Waals surface area contributed by atoms with Crippen LogP contribution in [-0.2, 0) is 11.6 Å². The van der Waals surface area contributed by atoms with Gasteiger partial charge in [-0.05, 0) is 24.3 Å². The zero-order valence-corrected chi connectivity index (χ0v) is 18.4. The number of nitrogens with zero attached hydrogens (tertiary/aromatic N) is 3. The molecule has 0 saturated carbocycles. The zero-order chi connectivity index (χ0) is 24.3. The fourth-order valence-corrected chi connectivity index (χ4v) is 3.79. The summed E-state index contributed by atoms with van der Waals surface area (Å²) in [5.41, 5.74) is -1.06. The maximum atomic E-state index is 14.1. The summed E-state index contributed by atoms with van der Waals surface area (Å²) in [6.45, 7) is 6.08. The van der Waals surface area contributed by atoms with E-state index in [0.717, 1.165) is 5.69 Å². The third-order valence-corrected chi connectivity index (χ3v) is 5.50. The average molecular weight is 467 g/mol. The van der Waals surface area contributed by atoms with Crippen LogP contribution in [0, 0.1) is 0 Å². The molecule has 0 unspecified atom stereocenters. The highest BCUT2D eigenvalue weighted by molar-refractivity contribution is 5.94. The van der Waals surface area contributed by atoms with Crippen molar-refractivity contribution in [1.29, 1.82) is 0 Å². The van der Waals surface area contributed by atoms with E-state index >= 15 is 0 Å². The molecule has 0 aliphatic rings. The fraction of sp³-hybridized carbons (Fsp3) is 0.217. The number of hydrogen-bond donors (Lipinski definition) is 4. The van der Waals surface area contributed by atoms with Gasteiger partial charge in [-0.25, -0.2) is 9.97 Å². The lowest BCUT2D eigenvalue weighted by Crippen LogP contribution is -2.13. The van der Waals surface area contributed by atoms with E-state index in [1.165, 1.54) is 12.1 Å². The number of aromatic amines is 3. The summed E-state index contributed by atoms with van der Waals surface area (Å²) in [6, 6.07) is 11.5. The lowest BCUT2D eigenvalue weighted by molar-refractivity contribution is -0.135. The number of hydrogen-bond acceptors (Lipinski definition) is 5. The molecule has 3 heterocycles. The quantitative estimate of drug-likeness (QED) is 0.289. The van der Waals surface area contributed by atoms with Crippen LogP contribution >= 0.6 is 0 Å². The number of benzene rings is 2. The average Bonchev–Trinajstić information content (AvgIpc) is 3.39. The smallest absolute Gasteiger partial charge is 0.323 e. The van der Waals surface area contributed by atoms with Crippen LogP contribution in [-0.4, -0.2) is 30.4 Å². The Labute approximate surface area is 190 Å². The van der Waals surface area contributed by atoms with E-state index < -0.39 is 22.7 Å². The van der Waals surface area contributed by atoms with Crippen LogP contribution in [0.25, 0.3) is 33.2 Å². The standard InChI is InChI=1S/C23H20F3N7O/c1-22(2,3)15-10-16(32-31-15)28-19-11-6-4-5-7-13(11)27-20(29-19)12-8-9-14-17(21(34)33-30-14)18(12)23(24,25)26/h4-10H,1-3H3,(H2,30,33,34)(H2,27,28,29,31,32). The van der Waals surface area contributed by atoms with Crippen LogP contribution in [0.5, 0.6) is 0 Å². The van der Waals surface area contributed by atoms with Gasteiger partial charge in [-0.1, -0.05) is 32.9 Å². The predicted molar refractivity (Wildman–Crippen MR) is 123 cm³/mol. The molecule has 11 heteroatoms. The Bertz CT molecular complexity index is 1590. The van der Waals surface area contributed by atoms with Crippen molar-refractivity contribution in [3.8, 4) is 11.4 Å². The molecule has 34 heavy (non-hydrogen) atoms. The van der Waals surface area contributed by atoms with Crippen LogP contribution in [0.1, 0.15) is 32.0 Å². The van der Waals surface area contributed by atoms with E-state index in [1.54, 1.807) is 24.3 Å². The number of rotatable bonds is 3.